The molecule has 2 N–H and O–H groups in total. The Kier molecular flexibility index (Phi) is 6.19. The molecule has 3 rings (SSSR count). The molecule has 1 aromatic heterocycles. The first-order valence-electron chi connectivity index (χ1n) is 9.02. The molecule has 2 aromatic rings. The van der Waals surface area contributed by atoms with Crippen LogP contribution in [-0.4, -0.2) is 39.1 Å². The molecular formula is C19H26FN5S. The first-order valence-corrected chi connectivity index (χ1v) is 10.0. The second-order valence-corrected chi connectivity index (χ2v) is 8.39. The number of benzene rings is 1. The number of thioether (sulfide) groups is 1. The number of aliphatic imine (C=N–C) groups is 1. The van der Waals surface area contributed by atoms with Crippen LogP contribution in [0.4, 0.5) is 4.39 Å². The quantitative estimate of drug-likeness (QED) is 0.601. The van der Waals surface area contributed by atoms with E-state index in [1.807, 2.05) is 24.8 Å². The number of hydrogen-bond acceptors (Lipinski definition) is 3. The predicted molar refractivity (Wildman–Crippen MR) is 106 cm³/mol. The summed E-state index contributed by atoms with van der Waals surface area (Å²) < 4.78 is 16.3. The van der Waals surface area contributed by atoms with Crippen LogP contribution in [0.3, 0.4) is 0 Å². The highest BCUT2D eigenvalue weighted by molar-refractivity contribution is 8.00. The number of aromatic nitrogens is 2. The standard InChI is InChI=1S/C19H26FN5S/c1-3-22-18(24-13-19(2)7-4-10-26-19)23-12-15-5-6-17(16(20)11-15)25-9-8-21-14-25/h5-6,8-9,11,14H,3-4,7,10,12-13H2,1-2H3,(H2,22,23,24). The van der Waals surface area contributed by atoms with Crippen molar-refractivity contribution in [1.29, 1.82) is 0 Å². The molecule has 1 saturated heterocycles. The van der Waals surface area contributed by atoms with Crippen molar-refractivity contribution in [3.05, 3.63) is 48.3 Å². The van der Waals surface area contributed by atoms with E-state index in [2.05, 4.69) is 27.5 Å². The number of hydrogen-bond donors (Lipinski definition) is 2. The van der Waals surface area contributed by atoms with Gasteiger partial charge >= 0.3 is 0 Å². The Bertz CT molecular complexity index is 738. The van der Waals surface area contributed by atoms with E-state index < -0.39 is 0 Å². The second kappa shape index (κ2) is 8.58. The highest BCUT2D eigenvalue weighted by Crippen LogP contribution is 2.36. The van der Waals surface area contributed by atoms with Crippen LogP contribution < -0.4 is 10.6 Å². The molecule has 0 spiro atoms. The number of rotatable bonds is 6. The molecule has 1 aromatic carbocycles. The van der Waals surface area contributed by atoms with Crippen LogP contribution in [0.25, 0.3) is 5.69 Å². The van der Waals surface area contributed by atoms with E-state index in [1.54, 1.807) is 29.4 Å². The van der Waals surface area contributed by atoms with Gasteiger partial charge in [0.05, 0.1) is 18.6 Å². The van der Waals surface area contributed by atoms with Crippen molar-refractivity contribution < 1.29 is 4.39 Å². The molecule has 1 unspecified atom stereocenters. The van der Waals surface area contributed by atoms with Gasteiger partial charge in [-0.05, 0) is 50.1 Å². The first kappa shape index (κ1) is 18.8. The van der Waals surface area contributed by atoms with E-state index in [-0.39, 0.29) is 10.6 Å². The van der Waals surface area contributed by atoms with Gasteiger partial charge in [0.15, 0.2) is 5.96 Å². The average molecular weight is 376 g/mol. The van der Waals surface area contributed by atoms with Gasteiger partial charge < -0.3 is 15.2 Å². The fourth-order valence-electron chi connectivity index (χ4n) is 3.02. The van der Waals surface area contributed by atoms with Gasteiger partial charge in [-0.25, -0.2) is 14.4 Å². The Morgan fingerprint density at radius 3 is 2.96 bits per heavy atom. The second-order valence-electron chi connectivity index (χ2n) is 6.71. The van der Waals surface area contributed by atoms with Crippen LogP contribution in [0.2, 0.25) is 0 Å². The van der Waals surface area contributed by atoms with Gasteiger partial charge in [-0.3, -0.25) is 0 Å². The van der Waals surface area contributed by atoms with Crippen LogP contribution in [0.1, 0.15) is 32.3 Å². The summed E-state index contributed by atoms with van der Waals surface area (Å²) in [6, 6.07) is 5.20. The van der Waals surface area contributed by atoms with Crippen LogP contribution in [-0.2, 0) is 6.54 Å². The summed E-state index contributed by atoms with van der Waals surface area (Å²) >= 11 is 2.02. The minimum atomic E-state index is -0.275. The molecular weight excluding hydrogens is 349 g/mol. The fraction of sp³-hybridized carbons (Fsp3) is 0.474. The molecule has 0 bridgehead atoms. The van der Waals surface area contributed by atoms with Gasteiger partial charge in [-0.1, -0.05) is 6.07 Å². The molecule has 0 amide bonds. The summed E-state index contributed by atoms with van der Waals surface area (Å²) in [5, 5.41) is 6.70. The highest BCUT2D eigenvalue weighted by Gasteiger charge is 2.29. The lowest BCUT2D eigenvalue weighted by Gasteiger charge is -2.24. The minimum absolute atomic E-state index is 0.273. The zero-order chi connectivity index (χ0) is 18.4. The van der Waals surface area contributed by atoms with Crippen LogP contribution in [0.5, 0.6) is 0 Å². The van der Waals surface area contributed by atoms with Crippen LogP contribution in [0.15, 0.2) is 41.9 Å². The highest BCUT2D eigenvalue weighted by atomic mass is 32.2. The van der Waals surface area contributed by atoms with Crippen molar-refractivity contribution in [2.45, 2.75) is 38.0 Å². The van der Waals surface area contributed by atoms with Gasteiger partial charge in [0.1, 0.15) is 5.82 Å². The lowest BCUT2D eigenvalue weighted by Crippen LogP contribution is -2.43. The Labute approximate surface area is 158 Å². The van der Waals surface area contributed by atoms with Crippen molar-refractivity contribution in [3.63, 3.8) is 0 Å². The average Bonchev–Trinajstić information content (AvgIpc) is 3.30. The summed E-state index contributed by atoms with van der Waals surface area (Å²) in [6.45, 7) is 6.45. The summed E-state index contributed by atoms with van der Waals surface area (Å²) in [4.78, 5) is 8.57. The number of nitrogens with one attached hydrogen (secondary N) is 2. The van der Waals surface area contributed by atoms with Crippen molar-refractivity contribution in [2.75, 3.05) is 18.8 Å². The molecule has 1 aliphatic rings. The Hall–Kier alpha value is -2.02. The van der Waals surface area contributed by atoms with Crippen LogP contribution >= 0.6 is 11.8 Å². The maximum Gasteiger partial charge on any atom is 0.191 e. The van der Waals surface area contributed by atoms with E-state index in [4.69, 9.17) is 0 Å². The third-order valence-corrected chi connectivity index (χ3v) is 6.03. The maximum atomic E-state index is 14.4. The van der Waals surface area contributed by atoms with Gasteiger partial charge in [0, 0.05) is 30.2 Å². The first-order chi connectivity index (χ1) is 12.6. The third-order valence-electron chi connectivity index (χ3n) is 4.49. The summed E-state index contributed by atoms with van der Waals surface area (Å²) in [7, 11) is 0. The Morgan fingerprint density at radius 2 is 2.31 bits per heavy atom. The maximum absolute atomic E-state index is 14.4. The molecule has 1 aliphatic heterocycles. The molecule has 1 fully saturated rings. The third kappa shape index (κ3) is 4.78. The van der Waals surface area contributed by atoms with Crippen molar-refractivity contribution in [1.82, 2.24) is 20.2 Å². The normalized spacial score (nSPS) is 20.3. The van der Waals surface area contributed by atoms with Gasteiger partial charge in [0.25, 0.3) is 0 Å². The Balaban J connectivity index is 1.64. The van der Waals surface area contributed by atoms with E-state index >= 15 is 0 Å². The molecule has 0 aliphatic carbocycles. The smallest absolute Gasteiger partial charge is 0.191 e. The van der Waals surface area contributed by atoms with E-state index in [9.17, 15) is 4.39 Å². The van der Waals surface area contributed by atoms with Crippen molar-refractivity contribution in [3.8, 4) is 5.69 Å². The molecule has 1 atom stereocenters. The monoisotopic (exact) mass is 375 g/mol. The molecule has 140 valence electrons. The molecule has 0 saturated carbocycles. The topological polar surface area (TPSA) is 54.2 Å². The number of halogens is 1. The predicted octanol–water partition coefficient (Wildman–Crippen LogP) is 3.35. The summed E-state index contributed by atoms with van der Waals surface area (Å²) in [5.41, 5.74) is 1.33. The number of guanidine groups is 1. The number of imidazole rings is 1. The van der Waals surface area contributed by atoms with Crippen molar-refractivity contribution in [2.24, 2.45) is 4.99 Å². The largest absolute Gasteiger partial charge is 0.357 e. The Morgan fingerprint density at radius 1 is 1.42 bits per heavy atom. The minimum Gasteiger partial charge on any atom is -0.357 e. The zero-order valence-electron chi connectivity index (χ0n) is 15.3. The van der Waals surface area contributed by atoms with E-state index in [1.165, 1.54) is 24.7 Å². The molecule has 26 heavy (non-hydrogen) atoms. The van der Waals surface area contributed by atoms with Gasteiger partial charge in [-0.15, -0.1) is 0 Å². The van der Waals surface area contributed by atoms with Gasteiger partial charge in [0.2, 0.25) is 0 Å². The summed E-state index contributed by atoms with van der Waals surface area (Å²) in [6.07, 6.45) is 7.45. The van der Waals surface area contributed by atoms with Crippen molar-refractivity contribution >= 4 is 17.7 Å². The zero-order valence-corrected chi connectivity index (χ0v) is 16.2. The lowest BCUT2D eigenvalue weighted by molar-refractivity contribution is 0.584. The molecule has 0 radical (unpaired) electrons. The molecule has 5 nitrogen and oxygen atoms in total. The molecule has 2 heterocycles. The molecule has 7 heteroatoms. The SMILES string of the molecule is CCNC(=NCc1ccc(-n2ccnc2)c(F)c1)NCC1(C)CCCS1. The summed E-state index contributed by atoms with van der Waals surface area (Å²) in [5.74, 6) is 1.73. The van der Waals surface area contributed by atoms with E-state index in [0.717, 1.165) is 24.6 Å². The number of nitrogens with zero attached hydrogens (tertiary/aromatic N) is 3. The van der Waals surface area contributed by atoms with E-state index in [0.29, 0.717) is 12.2 Å². The van der Waals surface area contributed by atoms with Crippen LogP contribution in [0, 0.1) is 5.82 Å². The lowest BCUT2D eigenvalue weighted by atomic mass is 10.1. The fourth-order valence-corrected chi connectivity index (χ4v) is 4.26. The van der Waals surface area contributed by atoms with Gasteiger partial charge in [-0.2, -0.15) is 11.8 Å².